The monoisotopic (exact) mass is 406 g/mol. The maximum Gasteiger partial charge on any atom is 0.347 e. The van der Waals surface area contributed by atoms with Crippen LogP contribution in [-0.2, 0) is 6.42 Å². The molecule has 7 heteroatoms. The molecule has 4 rings (SSSR count). The average molecular weight is 406 g/mol. The number of pyridine rings is 1. The van der Waals surface area contributed by atoms with E-state index in [1.54, 1.807) is 19.4 Å². The van der Waals surface area contributed by atoms with Gasteiger partial charge in [-0.05, 0) is 30.2 Å². The van der Waals surface area contributed by atoms with Crippen molar-refractivity contribution >= 4 is 16.7 Å². The quantitative estimate of drug-likeness (QED) is 0.583. The number of fused-ring (bicyclic) bond motifs is 1. The predicted octanol–water partition coefficient (Wildman–Crippen LogP) is 3.13. The van der Waals surface area contributed by atoms with E-state index < -0.39 is 0 Å². The van der Waals surface area contributed by atoms with Crippen LogP contribution >= 0.6 is 0 Å². The van der Waals surface area contributed by atoms with Crippen LogP contribution in [0, 0.1) is 0 Å². The fourth-order valence-electron chi connectivity index (χ4n) is 3.90. The number of piperazine rings is 1. The number of benzene rings is 1. The summed E-state index contributed by atoms with van der Waals surface area (Å²) in [5, 5.41) is 0.505. The molecule has 3 heterocycles. The van der Waals surface area contributed by atoms with Gasteiger partial charge in [0, 0.05) is 45.0 Å². The van der Waals surface area contributed by atoms with E-state index in [2.05, 4.69) is 26.3 Å². The lowest BCUT2D eigenvalue weighted by Crippen LogP contribution is -2.46. The summed E-state index contributed by atoms with van der Waals surface area (Å²) in [6.45, 7) is 10.2. The largest absolute Gasteiger partial charge is 0.497 e. The Morgan fingerprint density at radius 1 is 1.27 bits per heavy atom. The van der Waals surface area contributed by atoms with Crippen LogP contribution in [0.5, 0.6) is 5.75 Å². The van der Waals surface area contributed by atoms with Crippen molar-refractivity contribution in [1.29, 1.82) is 0 Å². The minimum Gasteiger partial charge on any atom is -0.497 e. The first-order chi connectivity index (χ1) is 14.6. The van der Waals surface area contributed by atoms with E-state index in [9.17, 15) is 4.79 Å². The van der Waals surface area contributed by atoms with Gasteiger partial charge < -0.3 is 14.1 Å². The third-order valence-electron chi connectivity index (χ3n) is 5.48. The van der Waals surface area contributed by atoms with Crippen LogP contribution in [0.4, 0.5) is 5.82 Å². The van der Waals surface area contributed by atoms with Crippen molar-refractivity contribution in [1.82, 2.24) is 14.9 Å². The van der Waals surface area contributed by atoms with E-state index in [1.165, 1.54) is 0 Å². The Kier molecular flexibility index (Phi) is 5.81. The van der Waals surface area contributed by atoms with E-state index in [-0.39, 0.29) is 11.5 Å². The van der Waals surface area contributed by atoms with E-state index in [0.29, 0.717) is 23.1 Å². The Morgan fingerprint density at radius 2 is 2.07 bits per heavy atom. The van der Waals surface area contributed by atoms with E-state index in [4.69, 9.17) is 9.15 Å². The number of nitrogens with zero attached hydrogens (tertiary/aromatic N) is 4. The molecule has 7 nitrogen and oxygen atoms in total. The molecule has 1 aliphatic heterocycles. The second-order valence-corrected chi connectivity index (χ2v) is 7.29. The lowest BCUT2D eigenvalue weighted by atomic mass is 10.1. The van der Waals surface area contributed by atoms with Gasteiger partial charge >= 0.3 is 5.63 Å². The third-order valence-corrected chi connectivity index (χ3v) is 5.48. The minimum absolute atomic E-state index is 0.277. The van der Waals surface area contributed by atoms with Gasteiger partial charge in [-0.1, -0.05) is 13.0 Å². The van der Waals surface area contributed by atoms with Crippen LogP contribution in [-0.4, -0.2) is 54.7 Å². The molecule has 0 amide bonds. The molecule has 1 saturated heterocycles. The molecule has 3 aromatic rings. The Bertz CT molecular complexity index is 1120. The number of hydrogen-bond acceptors (Lipinski definition) is 7. The predicted molar refractivity (Wildman–Crippen MR) is 118 cm³/mol. The van der Waals surface area contributed by atoms with Crippen LogP contribution in [0.15, 0.2) is 52.3 Å². The highest BCUT2D eigenvalue weighted by atomic mass is 16.5. The number of methoxy groups -OCH3 is 1. The molecular formula is C23H26N4O3. The lowest BCUT2D eigenvalue weighted by molar-refractivity contribution is 0.283. The summed E-state index contributed by atoms with van der Waals surface area (Å²) in [6.07, 6.45) is 4.37. The molecular weight excluding hydrogens is 380 g/mol. The average Bonchev–Trinajstić information content (AvgIpc) is 2.78. The van der Waals surface area contributed by atoms with E-state index in [1.807, 2.05) is 31.2 Å². The topological polar surface area (TPSA) is 71.7 Å². The number of anilines is 1. The van der Waals surface area contributed by atoms with E-state index >= 15 is 0 Å². The van der Waals surface area contributed by atoms with Gasteiger partial charge in [-0.15, -0.1) is 6.58 Å². The van der Waals surface area contributed by atoms with Gasteiger partial charge in [0.05, 0.1) is 23.6 Å². The third kappa shape index (κ3) is 3.80. The molecule has 2 aromatic heterocycles. The summed E-state index contributed by atoms with van der Waals surface area (Å²) >= 11 is 0. The zero-order chi connectivity index (χ0) is 21.1. The number of rotatable bonds is 6. The smallest absolute Gasteiger partial charge is 0.347 e. The summed E-state index contributed by atoms with van der Waals surface area (Å²) in [5.74, 6) is 1.73. The molecule has 0 N–H and O–H groups in total. The molecule has 1 aliphatic rings. The zero-order valence-corrected chi connectivity index (χ0v) is 17.4. The molecule has 1 aromatic carbocycles. The van der Waals surface area contributed by atoms with Gasteiger partial charge in [0.2, 0.25) is 5.89 Å². The maximum absolute atomic E-state index is 12.9. The molecule has 0 bridgehead atoms. The molecule has 0 spiro atoms. The first-order valence-corrected chi connectivity index (χ1v) is 10.2. The normalized spacial score (nSPS) is 14.8. The zero-order valence-electron chi connectivity index (χ0n) is 17.4. The molecule has 0 radical (unpaired) electrons. The Hall–Kier alpha value is -3.19. The van der Waals surface area contributed by atoms with Gasteiger partial charge in [-0.25, -0.2) is 14.8 Å². The summed E-state index contributed by atoms with van der Waals surface area (Å²) in [7, 11) is 1.61. The Balaban J connectivity index is 1.76. The van der Waals surface area contributed by atoms with Crippen LogP contribution in [0.25, 0.3) is 22.4 Å². The number of aryl methyl sites for hydroxylation is 1. The fraction of sp³-hybridized carbons (Fsp3) is 0.348. The Labute approximate surface area is 175 Å². The van der Waals surface area contributed by atoms with Gasteiger partial charge in [0.25, 0.3) is 0 Å². The van der Waals surface area contributed by atoms with Crippen molar-refractivity contribution in [2.24, 2.45) is 0 Å². The number of aromatic nitrogens is 2. The highest BCUT2D eigenvalue weighted by Crippen LogP contribution is 2.30. The molecule has 1 fully saturated rings. The molecule has 0 unspecified atom stereocenters. The summed E-state index contributed by atoms with van der Waals surface area (Å²) in [6, 6.07) is 7.37. The highest BCUT2D eigenvalue weighted by molar-refractivity contribution is 5.84. The van der Waals surface area contributed by atoms with Crippen molar-refractivity contribution in [3.63, 3.8) is 0 Å². The fourth-order valence-corrected chi connectivity index (χ4v) is 3.90. The van der Waals surface area contributed by atoms with Crippen LogP contribution < -0.4 is 15.3 Å². The van der Waals surface area contributed by atoms with Crippen molar-refractivity contribution in [3.05, 3.63) is 59.1 Å². The van der Waals surface area contributed by atoms with Crippen molar-refractivity contribution < 1.29 is 9.15 Å². The maximum atomic E-state index is 12.9. The summed E-state index contributed by atoms with van der Waals surface area (Å²) in [4.78, 5) is 26.7. The van der Waals surface area contributed by atoms with Crippen molar-refractivity contribution in [2.75, 3.05) is 44.7 Å². The highest BCUT2D eigenvalue weighted by Gasteiger charge is 2.22. The lowest BCUT2D eigenvalue weighted by Gasteiger charge is -2.35. The SMILES string of the molecule is C=CCN1CCN(c2ncccc2-c2nc3cc(OC)cc(CC)c3c(=O)o2)CC1. The molecule has 0 aliphatic carbocycles. The van der Waals surface area contributed by atoms with Gasteiger partial charge in [-0.2, -0.15) is 0 Å². The van der Waals surface area contributed by atoms with Crippen LogP contribution in [0.1, 0.15) is 12.5 Å². The molecule has 30 heavy (non-hydrogen) atoms. The van der Waals surface area contributed by atoms with Crippen molar-refractivity contribution in [2.45, 2.75) is 13.3 Å². The van der Waals surface area contributed by atoms with Crippen LogP contribution in [0.3, 0.4) is 0 Å². The summed E-state index contributed by atoms with van der Waals surface area (Å²) < 4.78 is 11.1. The molecule has 0 atom stereocenters. The van der Waals surface area contributed by atoms with Gasteiger partial charge in [-0.3, -0.25) is 4.90 Å². The Morgan fingerprint density at radius 3 is 2.77 bits per heavy atom. The van der Waals surface area contributed by atoms with Crippen LogP contribution in [0.2, 0.25) is 0 Å². The summed E-state index contributed by atoms with van der Waals surface area (Å²) in [5.41, 5.74) is 1.76. The van der Waals surface area contributed by atoms with Gasteiger partial charge in [0.15, 0.2) is 0 Å². The van der Waals surface area contributed by atoms with E-state index in [0.717, 1.165) is 49.7 Å². The molecule has 0 saturated carbocycles. The first-order valence-electron chi connectivity index (χ1n) is 10.2. The molecule has 156 valence electrons. The van der Waals surface area contributed by atoms with Gasteiger partial charge in [0.1, 0.15) is 11.6 Å². The standard InChI is InChI=1S/C23H26N4O3/c1-4-9-26-10-12-27(13-11-26)21-18(7-6-8-24-21)22-25-19-15-17(29-3)14-16(5-2)20(19)23(28)30-22/h4,6-8,14-15H,1,5,9-13H2,2-3H3. The number of hydrogen-bond donors (Lipinski definition) is 0. The first kappa shape index (κ1) is 20.1. The second-order valence-electron chi connectivity index (χ2n) is 7.29. The van der Waals surface area contributed by atoms with Crippen molar-refractivity contribution in [3.8, 4) is 17.2 Å². The minimum atomic E-state index is -0.389. The number of ether oxygens (including phenoxy) is 1. The second kappa shape index (κ2) is 8.67.